The normalized spacial score (nSPS) is 19.5. The molecule has 0 aliphatic carbocycles. The highest BCUT2D eigenvalue weighted by Crippen LogP contribution is 2.28. The van der Waals surface area contributed by atoms with Gasteiger partial charge in [0.05, 0.1) is 24.4 Å². The molecule has 1 aromatic carbocycles. The summed E-state index contributed by atoms with van der Waals surface area (Å²) in [5, 5.41) is 4.35. The van der Waals surface area contributed by atoms with E-state index in [1.54, 1.807) is 12.1 Å². The van der Waals surface area contributed by atoms with Crippen molar-refractivity contribution >= 4 is 35.4 Å². The first-order chi connectivity index (χ1) is 10.5. The van der Waals surface area contributed by atoms with Crippen molar-refractivity contribution in [3.63, 3.8) is 0 Å². The first kappa shape index (κ1) is 16.0. The number of nitrogens with one attached hydrogen (secondary N) is 1. The largest absolute Gasteiger partial charge is 0.376 e. The molecule has 1 aromatic heterocycles. The van der Waals surface area contributed by atoms with E-state index >= 15 is 0 Å². The quantitative estimate of drug-likeness (QED) is 0.851. The second-order valence-electron chi connectivity index (χ2n) is 5.31. The van der Waals surface area contributed by atoms with E-state index in [0.29, 0.717) is 27.3 Å². The van der Waals surface area contributed by atoms with Gasteiger partial charge in [0.2, 0.25) is 4.77 Å². The molecule has 0 bridgehead atoms. The van der Waals surface area contributed by atoms with E-state index in [-0.39, 0.29) is 6.10 Å². The van der Waals surface area contributed by atoms with Gasteiger partial charge in [-0.3, -0.25) is 10.00 Å². The molecule has 1 fully saturated rings. The van der Waals surface area contributed by atoms with Gasteiger partial charge in [0, 0.05) is 23.7 Å². The summed E-state index contributed by atoms with van der Waals surface area (Å²) >= 11 is 17.5. The molecule has 8 heteroatoms. The number of ether oxygens (including phenoxy) is 1. The molecule has 2 aromatic rings. The summed E-state index contributed by atoms with van der Waals surface area (Å²) in [6, 6.07) is 5.31. The van der Waals surface area contributed by atoms with E-state index in [9.17, 15) is 0 Å². The van der Waals surface area contributed by atoms with Gasteiger partial charge in [-0.15, -0.1) is 0 Å². The predicted molar refractivity (Wildman–Crippen MR) is 89.9 cm³/mol. The molecule has 118 valence electrons. The van der Waals surface area contributed by atoms with Gasteiger partial charge < -0.3 is 4.74 Å². The number of hydrogen-bond acceptors (Lipinski definition) is 4. The molecular weight excluding hydrogens is 343 g/mol. The van der Waals surface area contributed by atoms with E-state index in [1.807, 2.05) is 10.7 Å². The SMILES string of the molecule is CC1CN(Cn2[nH]c(-c3ccc(Cl)cc3Cl)nc2=S)CCO1. The van der Waals surface area contributed by atoms with Crippen LogP contribution in [0.15, 0.2) is 18.2 Å². The number of aromatic amines is 1. The van der Waals surface area contributed by atoms with E-state index in [1.165, 1.54) is 0 Å². The third-order valence-corrected chi connectivity index (χ3v) is 4.39. The van der Waals surface area contributed by atoms with Gasteiger partial charge in [-0.05, 0) is 37.3 Å². The molecular formula is C14H16Cl2N4OS. The van der Waals surface area contributed by atoms with Crippen LogP contribution in [-0.2, 0) is 11.4 Å². The first-order valence-electron chi connectivity index (χ1n) is 6.99. The van der Waals surface area contributed by atoms with Gasteiger partial charge >= 0.3 is 0 Å². The van der Waals surface area contributed by atoms with E-state index in [4.69, 9.17) is 40.2 Å². The number of nitrogens with zero attached hydrogens (tertiary/aromatic N) is 3. The van der Waals surface area contributed by atoms with Gasteiger partial charge in [-0.1, -0.05) is 23.2 Å². The van der Waals surface area contributed by atoms with Crippen LogP contribution < -0.4 is 0 Å². The summed E-state index contributed by atoms with van der Waals surface area (Å²) in [5.41, 5.74) is 0.784. The van der Waals surface area contributed by atoms with Gasteiger partial charge in [-0.2, -0.15) is 4.98 Å². The molecule has 0 amide bonds. The molecule has 22 heavy (non-hydrogen) atoms. The number of H-pyrrole nitrogens is 1. The lowest BCUT2D eigenvalue weighted by Crippen LogP contribution is -2.42. The topological polar surface area (TPSA) is 46.1 Å². The van der Waals surface area contributed by atoms with Crippen molar-refractivity contribution in [1.82, 2.24) is 19.7 Å². The zero-order valence-electron chi connectivity index (χ0n) is 12.1. The third-order valence-electron chi connectivity index (χ3n) is 3.53. The zero-order chi connectivity index (χ0) is 15.7. The highest BCUT2D eigenvalue weighted by atomic mass is 35.5. The molecule has 3 rings (SSSR count). The van der Waals surface area contributed by atoms with Crippen LogP contribution in [0.2, 0.25) is 10.0 Å². The third kappa shape index (κ3) is 3.52. The van der Waals surface area contributed by atoms with Crippen molar-refractivity contribution in [1.29, 1.82) is 0 Å². The molecule has 1 unspecified atom stereocenters. The maximum absolute atomic E-state index is 6.22. The van der Waals surface area contributed by atoms with Crippen LogP contribution in [-0.4, -0.2) is 45.5 Å². The minimum absolute atomic E-state index is 0.232. The molecule has 1 aliphatic heterocycles. The molecule has 2 heterocycles. The fourth-order valence-electron chi connectivity index (χ4n) is 2.47. The van der Waals surface area contributed by atoms with Crippen molar-refractivity contribution in [2.45, 2.75) is 19.7 Å². The number of halogens is 2. The lowest BCUT2D eigenvalue weighted by atomic mass is 10.2. The van der Waals surface area contributed by atoms with Gasteiger partial charge in [-0.25, -0.2) is 4.68 Å². The second-order valence-corrected chi connectivity index (χ2v) is 6.52. The van der Waals surface area contributed by atoms with Crippen LogP contribution in [0.1, 0.15) is 6.92 Å². The number of morpholine rings is 1. The molecule has 1 saturated heterocycles. The summed E-state index contributed by atoms with van der Waals surface area (Å²) in [6.07, 6.45) is 0.232. The van der Waals surface area contributed by atoms with Crippen molar-refractivity contribution in [2.75, 3.05) is 19.7 Å². The van der Waals surface area contributed by atoms with Crippen LogP contribution in [0.4, 0.5) is 0 Å². The number of benzene rings is 1. The molecule has 0 radical (unpaired) electrons. The Morgan fingerprint density at radius 1 is 1.45 bits per heavy atom. The summed E-state index contributed by atoms with van der Waals surface area (Å²) in [6.45, 7) is 5.21. The van der Waals surface area contributed by atoms with Gasteiger partial charge in [0.15, 0.2) is 5.82 Å². The summed E-state index contributed by atoms with van der Waals surface area (Å²) < 4.78 is 7.89. The maximum Gasteiger partial charge on any atom is 0.217 e. The van der Waals surface area contributed by atoms with Gasteiger partial charge in [0.25, 0.3) is 0 Å². The minimum Gasteiger partial charge on any atom is -0.376 e. The highest BCUT2D eigenvalue weighted by Gasteiger charge is 2.18. The van der Waals surface area contributed by atoms with E-state index in [2.05, 4.69) is 21.9 Å². The Morgan fingerprint density at radius 2 is 2.27 bits per heavy atom. The van der Waals surface area contributed by atoms with Crippen LogP contribution in [0.3, 0.4) is 0 Å². The van der Waals surface area contributed by atoms with Crippen molar-refractivity contribution in [3.8, 4) is 11.4 Å². The molecule has 0 spiro atoms. The second kappa shape index (κ2) is 6.68. The Bertz CT molecular complexity index is 730. The van der Waals surface area contributed by atoms with Crippen molar-refractivity contribution < 1.29 is 4.74 Å². The van der Waals surface area contributed by atoms with Crippen LogP contribution in [0.25, 0.3) is 11.4 Å². The summed E-state index contributed by atoms with van der Waals surface area (Å²) in [4.78, 5) is 6.67. The molecule has 1 atom stereocenters. The molecule has 1 N–H and O–H groups in total. The van der Waals surface area contributed by atoms with Crippen LogP contribution >= 0.6 is 35.4 Å². The first-order valence-corrected chi connectivity index (χ1v) is 8.15. The Labute approximate surface area is 143 Å². The van der Waals surface area contributed by atoms with Crippen LogP contribution in [0.5, 0.6) is 0 Å². The molecule has 5 nitrogen and oxygen atoms in total. The maximum atomic E-state index is 6.22. The average molecular weight is 359 g/mol. The smallest absolute Gasteiger partial charge is 0.217 e. The van der Waals surface area contributed by atoms with E-state index < -0.39 is 0 Å². The Balaban J connectivity index is 1.83. The standard InChI is InChI=1S/C14H16Cl2N4OS/c1-9-7-19(4-5-21-9)8-20-14(22)17-13(18-20)11-3-2-10(15)6-12(11)16/h2-3,6,9H,4-5,7-8H2,1H3,(H,17,18,22). The average Bonchev–Trinajstić information content (AvgIpc) is 2.80. The van der Waals surface area contributed by atoms with Crippen molar-refractivity contribution in [2.24, 2.45) is 0 Å². The monoisotopic (exact) mass is 358 g/mol. The molecule has 0 saturated carbocycles. The zero-order valence-corrected chi connectivity index (χ0v) is 14.4. The van der Waals surface area contributed by atoms with Crippen LogP contribution in [0, 0.1) is 4.77 Å². The predicted octanol–water partition coefficient (Wildman–Crippen LogP) is 3.59. The fourth-order valence-corrected chi connectivity index (χ4v) is 3.17. The number of rotatable bonds is 3. The van der Waals surface area contributed by atoms with Gasteiger partial charge in [0.1, 0.15) is 0 Å². The van der Waals surface area contributed by atoms with E-state index in [0.717, 1.165) is 25.3 Å². The van der Waals surface area contributed by atoms with Crippen molar-refractivity contribution in [3.05, 3.63) is 33.0 Å². The lowest BCUT2D eigenvalue weighted by molar-refractivity contribution is -0.0306. The Hall–Kier alpha value is -0.920. The summed E-state index contributed by atoms with van der Waals surface area (Å²) in [5.74, 6) is 0.646. The Morgan fingerprint density at radius 3 is 3.00 bits per heavy atom. The minimum atomic E-state index is 0.232. The number of hydrogen-bond donors (Lipinski definition) is 1. The molecule has 1 aliphatic rings. The number of aromatic nitrogens is 3. The lowest BCUT2D eigenvalue weighted by Gasteiger charge is -2.30. The highest BCUT2D eigenvalue weighted by molar-refractivity contribution is 7.71. The summed E-state index contributed by atoms with van der Waals surface area (Å²) in [7, 11) is 0. The Kier molecular flexibility index (Phi) is 4.84. The fraction of sp³-hybridized carbons (Fsp3) is 0.429.